The smallest absolute Gasteiger partial charge is 0.0954 e. The van der Waals surface area contributed by atoms with Crippen LogP contribution in [0.5, 0.6) is 0 Å². The molecule has 0 amide bonds. The number of rotatable bonds is 3. The highest BCUT2D eigenvalue weighted by molar-refractivity contribution is 7.09. The fourth-order valence-corrected chi connectivity index (χ4v) is 2.78. The number of nitrogens with one attached hydrogen (secondary N) is 1. The van der Waals surface area contributed by atoms with E-state index in [4.69, 9.17) is 4.98 Å². The fraction of sp³-hybridized carbons (Fsp3) is 0.750. The first-order valence-corrected chi connectivity index (χ1v) is 7.01. The van der Waals surface area contributed by atoms with Gasteiger partial charge in [-0.05, 0) is 19.5 Å². The quantitative estimate of drug-likeness (QED) is 0.930. The van der Waals surface area contributed by atoms with Crippen molar-refractivity contribution in [2.45, 2.75) is 32.7 Å². The minimum Gasteiger partial charge on any atom is -0.315 e. The molecule has 0 saturated carbocycles. The fourth-order valence-electron chi connectivity index (χ4n) is 1.95. The molecule has 0 bridgehead atoms. The first kappa shape index (κ1) is 18.1. The van der Waals surface area contributed by atoms with Crippen molar-refractivity contribution < 1.29 is 0 Å². The van der Waals surface area contributed by atoms with Crippen molar-refractivity contribution in [3.63, 3.8) is 0 Å². The van der Waals surface area contributed by atoms with Gasteiger partial charge in [-0.25, -0.2) is 4.98 Å². The van der Waals surface area contributed by atoms with Crippen LogP contribution in [0.3, 0.4) is 0 Å². The molecule has 0 unspecified atom stereocenters. The van der Waals surface area contributed by atoms with Crippen molar-refractivity contribution >= 4 is 36.2 Å². The van der Waals surface area contributed by atoms with Crippen LogP contribution >= 0.6 is 36.2 Å². The van der Waals surface area contributed by atoms with Crippen LogP contribution in [-0.2, 0) is 6.54 Å². The van der Waals surface area contributed by atoms with Crippen LogP contribution in [0, 0.1) is 0 Å². The van der Waals surface area contributed by atoms with Crippen LogP contribution in [0.2, 0.25) is 0 Å². The average Bonchev–Trinajstić information content (AvgIpc) is 2.56. The van der Waals surface area contributed by atoms with Gasteiger partial charge in [-0.3, -0.25) is 4.90 Å². The highest BCUT2D eigenvalue weighted by Crippen LogP contribution is 2.20. The van der Waals surface area contributed by atoms with Gasteiger partial charge in [-0.15, -0.1) is 36.2 Å². The molecule has 3 nitrogen and oxygen atoms in total. The Hall–Kier alpha value is 0.130. The van der Waals surface area contributed by atoms with Gasteiger partial charge in [0, 0.05) is 30.9 Å². The zero-order valence-electron chi connectivity index (χ0n) is 11.0. The van der Waals surface area contributed by atoms with Crippen LogP contribution < -0.4 is 5.32 Å². The summed E-state index contributed by atoms with van der Waals surface area (Å²) in [6, 6.07) is 0. The standard InChI is InChI=1S/C12H21N3S.2ClH/c1-10(2)12-14-11(9-16-12)8-15-6-3-4-13-5-7-15;;/h9-10,13H,3-8H2,1-2H3;2*1H. The summed E-state index contributed by atoms with van der Waals surface area (Å²) < 4.78 is 0. The second kappa shape index (κ2) is 9.10. The van der Waals surface area contributed by atoms with Gasteiger partial charge in [0.2, 0.25) is 0 Å². The summed E-state index contributed by atoms with van der Waals surface area (Å²) in [5, 5.41) is 6.91. The molecule has 2 rings (SSSR count). The predicted octanol–water partition coefficient (Wildman–Crippen LogP) is 2.91. The Labute approximate surface area is 126 Å². The van der Waals surface area contributed by atoms with E-state index in [-0.39, 0.29) is 24.8 Å². The van der Waals surface area contributed by atoms with E-state index < -0.39 is 0 Å². The molecule has 0 atom stereocenters. The zero-order valence-corrected chi connectivity index (χ0v) is 13.5. The molecule has 1 aromatic heterocycles. The molecule has 18 heavy (non-hydrogen) atoms. The van der Waals surface area contributed by atoms with Crippen molar-refractivity contribution in [2.75, 3.05) is 26.2 Å². The van der Waals surface area contributed by atoms with Crippen molar-refractivity contribution in [3.05, 3.63) is 16.1 Å². The van der Waals surface area contributed by atoms with Gasteiger partial charge in [0.15, 0.2) is 0 Å². The Bertz CT molecular complexity index is 323. The minimum atomic E-state index is 0. The Morgan fingerprint density at radius 3 is 2.78 bits per heavy atom. The van der Waals surface area contributed by atoms with E-state index in [1.165, 1.54) is 23.7 Å². The van der Waals surface area contributed by atoms with E-state index in [9.17, 15) is 0 Å². The maximum absolute atomic E-state index is 4.69. The average molecular weight is 312 g/mol. The molecule has 1 saturated heterocycles. The molecule has 1 aliphatic heterocycles. The number of nitrogens with zero attached hydrogens (tertiary/aromatic N) is 2. The largest absolute Gasteiger partial charge is 0.315 e. The summed E-state index contributed by atoms with van der Waals surface area (Å²) in [5.74, 6) is 0.560. The summed E-state index contributed by atoms with van der Waals surface area (Å²) in [6.07, 6.45) is 1.25. The van der Waals surface area contributed by atoms with Crippen molar-refractivity contribution in [1.29, 1.82) is 0 Å². The van der Waals surface area contributed by atoms with Crippen LogP contribution in [-0.4, -0.2) is 36.1 Å². The monoisotopic (exact) mass is 311 g/mol. The van der Waals surface area contributed by atoms with Gasteiger partial charge < -0.3 is 5.32 Å². The third kappa shape index (κ3) is 5.41. The molecule has 1 aromatic rings. The van der Waals surface area contributed by atoms with E-state index >= 15 is 0 Å². The number of thiazole rings is 1. The number of hydrogen-bond acceptors (Lipinski definition) is 4. The lowest BCUT2D eigenvalue weighted by Crippen LogP contribution is -2.27. The van der Waals surface area contributed by atoms with Gasteiger partial charge in [0.1, 0.15) is 0 Å². The van der Waals surface area contributed by atoms with E-state index in [0.29, 0.717) is 5.92 Å². The van der Waals surface area contributed by atoms with Crippen LogP contribution in [0.1, 0.15) is 36.9 Å². The van der Waals surface area contributed by atoms with Crippen molar-refractivity contribution in [1.82, 2.24) is 15.2 Å². The highest BCUT2D eigenvalue weighted by atomic mass is 35.5. The summed E-state index contributed by atoms with van der Waals surface area (Å²) in [4.78, 5) is 7.19. The van der Waals surface area contributed by atoms with Gasteiger partial charge >= 0.3 is 0 Å². The van der Waals surface area contributed by atoms with E-state index in [2.05, 4.69) is 29.4 Å². The molecule has 1 aliphatic rings. The summed E-state index contributed by atoms with van der Waals surface area (Å²) in [5.41, 5.74) is 1.25. The predicted molar refractivity (Wildman–Crippen MR) is 83.5 cm³/mol. The van der Waals surface area contributed by atoms with Crippen LogP contribution in [0.15, 0.2) is 5.38 Å². The summed E-state index contributed by atoms with van der Waals surface area (Å²) in [7, 11) is 0. The molecule has 0 radical (unpaired) electrons. The SMILES string of the molecule is CC(C)c1nc(CN2CCCNCC2)cs1.Cl.Cl. The minimum absolute atomic E-state index is 0. The van der Waals surface area contributed by atoms with Gasteiger partial charge in [-0.1, -0.05) is 13.8 Å². The highest BCUT2D eigenvalue weighted by Gasteiger charge is 2.11. The van der Waals surface area contributed by atoms with Gasteiger partial charge in [-0.2, -0.15) is 0 Å². The Morgan fingerprint density at radius 2 is 2.11 bits per heavy atom. The molecular formula is C12H23Cl2N3S. The first-order chi connectivity index (χ1) is 7.75. The van der Waals surface area contributed by atoms with E-state index in [1.54, 1.807) is 11.3 Å². The lowest BCUT2D eigenvalue weighted by molar-refractivity contribution is 0.281. The van der Waals surface area contributed by atoms with Gasteiger partial charge in [0.25, 0.3) is 0 Å². The van der Waals surface area contributed by atoms with Crippen LogP contribution in [0.25, 0.3) is 0 Å². The molecule has 0 spiro atoms. The molecule has 2 heterocycles. The number of halogens is 2. The second-order valence-electron chi connectivity index (χ2n) is 4.71. The maximum atomic E-state index is 4.69. The molecule has 6 heteroatoms. The van der Waals surface area contributed by atoms with E-state index in [0.717, 1.165) is 26.2 Å². The molecule has 0 aliphatic carbocycles. The molecule has 1 N–H and O–H groups in total. The third-order valence-electron chi connectivity index (χ3n) is 2.88. The number of aromatic nitrogens is 1. The second-order valence-corrected chi connectivity index (χ2v) is 5.60. The lowest BCUT2D eigenvalue weighted by Gasteiger charge is -2.17. The van der Waals surface area contributed by atoms with Gasteiger partial charge in [0.05, 0.1) is 10.7 Å². The summed E-state index contributed by atoms with van der Waals surface area (Å²) >= 11 is 1.80. The van der Waals surface area contributed by atoms with Crippen molar-refractivity contribution in [2.24, 2.45) is 0 Å². The zero-order chi connectivity index (χ0) is 11.4. The Balaban J connectivity index is 0.00000144. The number of hydrogen-bond donors (Lipinski definition) is 1. The lowest BCUT2D eigenvalue weighted by atomic mass is 10.2. The van der Waals surface area contributed by atoms with Crippen molar-refractivity contribution in [3.8, 4) is 0 Å². The summed E-state index contributed by atoms with van der Waals surface area (Å²) in [6.45, 7) is 10.0. The van der Waals surface area contributed by atoms with E-state index in [1.807, 2.05) is 0 Å². The third-order valence-corrected chi connectivity index (χ3v) is 4.08. The molecule has 1 fully saturated rings. The van der Waals surface area contributed by atoms with Crippen LogP contribution in [0.4, 0.5) is 0 Å². The molecule has 106 valence electrons. The maximum Gasteiger partial charge on any atom is 0.0954 e. The topological polar surface area (TPSA) is 28.2 Å². The molecule has 0 aromatic carbocycles. The Kier molecular flexibility index (Phi) is 9.17. The molecular weight excluding hydrogens is 289 g/mol. The normalized spacial score (nSPS) is 16.8. The first-order valence-electron chi connectivity index (χ1n) is 6.13. The Morgan fingerprint density at radius 1 is 1.33 bits per heavy atom.